The first-order valence-corrected chi connectivity index (χ1v) is 13.4. The van der Waals surface area contributed by atoms with Crippen molar-refractivity contribution in [2.45, 2.75) is 39.5 Å². The van der Waals surface area contributed by atoms with Crippen LogP contribution in [0.25, 0.3) is 0 Å². The summed E-state index contributed by atoms with van der Waals surface area (Å²) in [7, 11) is 0. The van der Waals surface area contributed by atoms with Crippen LogP contribution >= 0.6 is 93.2 Å². The lowest BCUT2D eigenvalue weighted by Gasteiger charge is -2.03. The number of thioether (sulfide) groups is 6. The highest BCUT2D eigenvalue weighted by Gasteiger charge is 2.26. The average molecular weight is 507 g/mol. The third-order valence-corrected chi connectivity index (χ3v) is 12.8. The molecule has 21 heavy (non-hydrogen) atoms. The van der Waals surface area contributed by atoms with Crippen molar-refractivity contribution in [1.29, 1.82) is 0 Å². The second kappa shape index (κ2) is 10.8. The molecule has 0 radical (unpaired) electrons. The molecule has 0 N–H and O–H groups in total. The van der Waals surface area contributed by atoms with Crippen LogP contribution in [0.2, 0.25) is 0 Å². The van der Waals surface area contributed by atoms with Crippen LogP contribution in [-0.2, 0) is 0 Å². The fourth-order valence-electron chi connectivity index (χ4n) is 1.46. The fourth-order valence-corrected chi connectivity index (χ4v) is 11.4. The molecule has 0 aromatic carbocycles. The third-order valence-electron chi connectivity index (χ3n) is 2.62. The smallest absolute Gasteiger partial charge is 0.0716 e. The van der Waals surface area contributed by atoms with Crippen LogP contribution in [0.4, 0.5) is 0 Å². The highest BCUT2D eigenvalue weighted by Crippen LogP contribution is 2.62. The number of hydrogen-bond acceptors (Lipinski definition) is 6. The van der Waals surface area contributed by atoms with Gasteiger partial charge >= 0.3 is 0 Å². The summed E-state index contributed by atoms with van der Waals surface area (Å²) in [6.45, 7) is 4.52. The Morgan fingerprint density at radius 2 is 1.67 bits per heavy atom. The maximum absolute atomic E-state index is 2.51. The molecule has 0 unspecified atom stereocenters. The Morgan fingerprint density at radius 1 is 0.952 bits per heavy atom. The van der Waals surface area contributed by atoms with Crippen LogP contribution in [0.15, 0.2) is 25.3 Å². The first-order chi connectivity index (χ1) is 10.2. The highest BCUT2D eigenvalue weighted by atomic mass is 127. The van der Waals surface area contributed by atoms with Gasteiger partial charge in [-0.2, -0.15) is 0 Å². The molecule has 2 heterocycles. The Balaban J connectivity index is 1.82. The van der Waals surface area contributed by atoms with E-state index in [0.29, 0.717) is 0 Å². The number of hydrogen-bond donors (Lipinski definition) is 0. The lowest BCUT2D eigenvalue weighted by atomic mass is 10.4. The van der Waals surface area contributed by atoms with Crippen molar-refractivity contribution in [3.05, 3.63) is 25.3 Å². The van der Waals surface area contributed by atoms with Crippen molar-refractivity contribution in [2.24, 2.45) is 0 Å². The van der Waals surface area contributed by atoms with E-state index in [1.54, 1.807) is 0 Å². The minimum Gasteiger partial charge on any atom is -0.118 e. The van der Waals surface area contributed by atoms with Gasteiger partial charge in [0.15, 0.2) is 0 Å². The van der Waals surface area contributed by atoms with Crippen molar-refractivity contribution in [3.63, 3.8) is 0 Å². The molecule has 0 amide bonds. The molecule has 0 saturated heterocycles. The molecule has 2 rings (SSSR count). The number of halogens is 1. The lowest BCUT2D eigenvalue weighted by molar-refractivity contribution is 0.897. The normalized spacial score (nSPS) is 22.3. The van der Waals surface area contributed by atoms with Gasteiger partial charge in [-0.1, -0.05) is 73.7 Å². The molecule has 0 bridgehead atoms. The summed E-state index contributed by atoms with van der Waals surface area (Å²) in [4.78, 5) is 0. The van der Waals surface area contributed by atoms with E-state index in [2.05, 4.69) is 41.8 Å². The molecule has 0 aromatic heterocycles. The molecule has 0 saturated carbocycles. The van der Waals surface area contributed by atoms with Gasteiger partial charge in [0, 0.05) is 0 Å². The van der Waals surface area contributed by atoms with E-state index >= 15 is 0 Å². The average Bonchev–Trinajstić information content (AvgIpc) is 3.07. The minimum absolute atomic E-state index is 1.26. The first kappa shape index (κ1) is 19.4. The Kier molecular flexibility index (Phi) is 9.98. The zero-order chi connectivity index (χ0) is 15.1. The Labute approximate surface area is 167 Å². The first-order valence-electron chi connectivity index (χ1n) is 7.04. The molecular weight excluding hydrogens is 487 g/mol. The van der Waals surface area contributed by atoms with Crippen LogP contribution in [0.5, 0.6) is 0 Å². The molecule has 2 aliphatic heterocycles. The van der Waals surface area contributed by atoms with Crippen molar-refractivity contribution < 1.29 is 0 Å². The second-order valence-corrected chi connectivity index (χ2v) is 13.5. The molecule has 0 aromatic rings. The monoisotopic (exact) mass is 506 g/mol. The van der Waals surface area contributed by atoms with Crippen LogP contribution in [0.3, 0.4) is 0 Å². The van der Waals surface area contributed by atoms with E-state index in [1.807, 2.05) is 70.6 Å². The van der Waals surface area contributed by atoms with Gasteiger partial charge in [0.2, 0.25) is 0 Å². The van der Waals surface area contributed by atoms with Gasteiger partial charge in [-0.3, -0.25) is 0 Å². The summed E-state index contributed by atoms with van der Waals surface area (Å²) in [5, 5.41) is 2.34. The van der Waals surface area contributed by atoms with Gasteiger partial charge in [-0.05, 0) is 52.3 Å². The predicted molar refractivity (Wildman–Crippen MR) is 121 cm³/mol. The molecule has 0 nitrogen and oxygen atoms in total. The fraction of sp³-hybridized carbons (Fsp3) is 0.571. The van der Waals surface area contributed by atoms with E-state index in [-0.39, 0.29) is 0 Å². The largest absolute Gasteiger partial charge is 0.118 e. The standard InChI is InChI=1S/C14H19IS6/c1-3-5-7-16-10-9-18-13(19-10)14-20-11(15)12(21-14)17-8-6-4-2/h9H,3-8H2,1-2H3/b14-13-. The van der Waals surface area contributed by atoms with Gasteiger partial charge in [0.05, 0.1) is 19.9 Å². The van der Waals surface area contributed by atoms with E-state index in [1.165, 1.54) is 57.0 Å². The molecule has 0 aliphatic carbocycles. The molecule has 0 atom stereocenters. The summed E-state index contributed by atoms with van der Waals surface area (Å²) >= 11 is 14.4. The molecule has 118 valence electrons. The van der Waals surface area contributed by atoms with Gasteiger partial charge in [-0.25, -0.2) is 0 Å². The van der Waals surface area contributed by atoms with Gasteiger partial charge in [0.25, 0.3) is 0 Å². The topological polar surface area (TPSA) is 0 Å². The summed E-state index contributed by atoms with van der Waals surface area (Å²) in [6.07, 6.45) is 5.22. The van der Waals surface area contributed by atoms with E-state index in [9.17, 15) is 0 Å². The van der Waals surface area contributed by atoms with Gasteiger partial charge in [-0.15, -0.1) is 23.5 Å². The summed E-state index contributed by atoms with van der Waals surface area (Å²) in [5.74, 6) is 2.51. The molecule has 2 aliphatic rings. The SMILES string of the molecule is CCCCSC1=CS/C(=C2\SC(I)=C(SCCCC)S2)S1. The second-order valence-electron chi connectivity index (χ2n) is 4.40. The lowest BCUT2D eigenvalue weighted by Crippen LogP contribution is -1.76. The van der Waals surface area contributed by atoms with Crippen LogP contribution in [-0.4, -0.2) is 11.5 Å². The van der Waals surface area contributed by atoms with Crippen molar-refractivity contribution >= 4 is 93.2 Å². The third kappa shape index (κ3) is 6.46. The van der Waals surface area contributed by atoms with Crippen molar-refractivity contribution in [1.82, 2.24) is 0 Å². The minimum atomic E-state index is 1.26. The Morgan fingerprint density at radius 3 is 2.38 bits per heavy atom. The zero-order valence-electron chi connectivity index (χ0n) is 12.1. The van der Waals surface area contributed by atoms with Crippen LogP contribution < -0.4 is 0 Å². The maximum atomic E-state index is 2.51. The summed E-state index contributed by atoms with van der Waals surface area (Å²) in [6, 6.07) is 0. The van der Waals surface area contributed by atoms with E-state index in [0.717, 1.165) is 0 Å². The van der Waals surface area contributed by atoms with Crippen LogP contribution in [0, 0.1) is 0 Å². The molecule has 0 spiro atoms. The molecule has 7 heteroatoms. The molecule has 0 fully saturated rings. The number of unbranched alkanes of at least 4 members (excludes halogenated alkanes) is 2. The Hall–Kier alpha value is 2.05. The van der Waals surface area contributed by atoms with Crippen molar-refractivity contribution in [3.8, 4) is 0 Å². The highest BCUT2D eigenvalue weighted by molar-refractivity contribution is 14.1. The van der Waals surface area contributed by atoms with Crippen LogP contribution in [0.1, 0.15) is 39.5 Å². The summed E-state index contributed by atoms with van der Waals surface area (Å²) < 4.78 is 7.46. The number of rotatable bonds is 8. The summed E-state index contributed by atoms with van der Waals surface area (Å²) in [5.41, 5.74) is 0. The quantitative estimate of drug-likeness (QED) is 0.237. The maximum Gasteiger partial charge on any atom is 0.0716 e. The Bertz CT molecular complexity index is 454. The van der Waals surface area contributed by atoms with Crippen molar-refractivity contribution in [2.75, 3.05) is 11.5 Å². The zero-order valence-corrected chi connectivity index (χ0v) is 19.2. The van der Waals surface area contributed by atoms with Gasteiger partial charge < -0.3 is 0 Å². The molecular formula is C14H19IS6. The van der Waals surface area contributed by atoms with E-state index < -0.39 is 0 Å². The van der Waals surface area contributed by atoms with Gasteiger partial charge in [0.1, 0.15) is 0 Å². The predicted octanol–water partition coefficient (Wildman–Crippen LogP) is 8.50. The van der Waals surface area contributed by atoms with E-state index in [4.69, 9.17) is 0 Å².